The Kier molecular flexibility index (Phi) is 4.48. The van der Waals surface area contributed by atoms with E-state index in [9.17, 15) is 9.65 Å². The van der Waals surface area contributed by atoms with Crippen molar-refractivity contribution in [3.63, 3.8) is 0 Å². The number of aromatic amines is 1. The lowest BCUT2D eigenvalue weighted by molar-refractivity contribution is 0.405. The zero-order valence-electron chi connectivity index (χ0n) is 17.4. The van der Waals surface area contributed by atoms with Crippen LogP contribution in [0.25, 0.3) is 16.7 Å². The van der Waals surface area contributed by atoms with Crippen molar-refractivity contribution in [1.82, 2.24) is 29.9 Å². The summed E-state index contributed by atoms with van der Waals surface area (Å²) in [4.78, 5) is 11.0. The monoisotopic (exact) mass is 419 g/mol. The first-order valence-electron chi connectivity index (χ1n) is 10.1. The minimum Gasteiger partial charge on any atom is -0.353 e. The van der Waals surface area contributed by atoms with Gasteiger partial charge in [-0.2, -0.15) is 10.4 Å². The molecule has 4 aromatic rings. The van der Waals surface area contributed by atoms with Gasteiger partial charge in [0, 0.05) is 43.6 Å². The van der Waals surface area contributed by atoms with Gasteiger partial charge in [0.1, 0.15) is 17.7 Å². The summed E-state index contributed by atoms with van der Waals surface area (Å²) in [7, 11) is 0. The molecule has 0 bridgehead atoms. The van der Waals surface area contributed by atoms with E-state index in [-0.39, 0.29) is 5.65 Å². The summed E-state index contributed by atoms with van der Waals surface area (Å²) in [6, 6.07) is 6.05. The molecule has 31 heavy (non-hydrogen) atoms. The molecular weight excluding hydrogens is 397 g/mol. The smallest absolute Gasteiger partial charge is 0.186 e. The third-order valence-electron chi connectivity index (χ3n) is 5.41. The van der Waals surface area contributed by atoms with Crippen LogP contribution >= 0.6 is 0 Å². The van der Waals surface area contributed by atoms with Gasteiger partial charge in [0.25, 0.3) is 0 Å². The number of pyridine rings is 2. The molecular formula is C21H22FN9. The van der Waals surface area contributed by atoms with Crippen LogP contribution in [0.5, 0.6) is 0 Å². The molecule has 0 radical (unpaired) electrons. The fourth-order valence-electron chi connectivity index (χ4n) is 4.26. The molecule has 0 spiro atoms. The van der Waals surface area contributed by atoms with Crippen molar-refractivity contribution in [2.45, 2.75) is 32.9 Å². The average Bonchev–Trinajstić information content (AvgIpc) is 3.30. The van der Waals surface area contributed by atoms with Crippen LogP contribution in [0.15, 0.2) is 24.5 Å². The number of nitriles is 1. The van der Waals surface area contributed by atoms with Crippen molar-refractivity contribution in [3.8, 4) is 6.07 Å². The van der Waals surface area contributed by atoms with Gasteiger partial charge in [-0.25, -0.2) is 14.4 Å². The Morgan fingerprint density at radius 1 is 1.19 bits per heavy atom. The van der Waals surface area contributed by atoms with Gasteiger partial charge >= 0.3 is 0 Å². The predicted octanol–water partition coefficient (Wildman–Crippen LogP) is 2.86. The lowest BCUT2D eigenvalue weighted by atomic mass is 10.1. The quantitative estimate of drug-likeness (QED) is 0.468. The fraction of sp³-hybridized carbons (Fsp3) is 0.333. The second kappa shape index (κ2) is 7.21. The summed E-state index contributed by atoms with van der Waals surface area (Å²) >= 11 is 0. The zero-order valence-corrected chi connectivity index (χ0v) is 17.4. The summed E-state index contributed by atoms with van der Waals surface area (Å²) in [5, 5.41) is 24.2. The normalized spacial score (nSPS) is 19.1. The van der Waals surface area contributed by atoms with E-state index in [4.69, 9.17) is 0 Å². The van der Waals surface area contributed by atoms with Gasteiger partial charge in [-0.05, 0) is 26.8 Å². The van der Waals surface area contributed by atoms with Crippen molar-refractivity contribution in [2.75, 3.05) is 23.3 Å². The van der Waals surface area contributed by atoms with E-state index in [0.29, 0.717) is 40.2 Å². The number of hydrogen-bond acceptors (Lipinski definition) is 7. The number of halogens is 1. The van der Waals surface area contributed by atoms with E-state index >= 15 is 0 Å². The molecule has 2 atom stereocenters. The Bertz CT molecular complexity index is 1320. The number of hydrogen-bond donors (Lipinski definition) is 3. The largest absolute Gasteiger partial charge is 0.353 e. The summed E-state index contributed by atoms with van der Waals surface area (Å²) < 4.78 is 16.1. The van der Waals surface area contributed by atoms with Gasteiger partial charge in [0.2, 0.25) is 0 Å². The molecule has 3 N–H and O–H groups in total. The van der Waals surface area contributed by atoms with Crippen molar-refractivity contribution in [3.05, 3.63) is 41.6 Å². The lowest BCUT2D eigenvalue weighted by Crippen LogP contribution is -2.54. The molecule has 1 fully saturated rings. The van der Waals surface area contributed by atoms with Crippen LogP contribution in [-0.2, 0) is 0 Å². The number of fused-ring (bicyclic) bond motifs is 2. The van der Waals surface area contributed by atoms with E-state index in [1.54, 1.807) is 22.9 Å². The number of piperazine rings is 1. The molecule has 0 aliphatic carbocycles. The number of aromatic nitrogens is 5. The van der Waals surface area contributed by atoms with Gasteiger partial charge < -0.3 is 19.9 Å². The fourth-order valence-corrected chi connectivity index (χ4v) is 4.26. The zero-order chi connectivity index (χ0) is 21.7. The molecule has 10 heteroatoms. The van der Waals surface area contributed by atoms with Gasteiger partial charge in [-0.15, -0.1) is 0 Å². The molecule has 4 aromatic heterocycles. The minimum absolute atomic E-state index is 0.265. The predicted molar refractivity (Wildman–Crippen MR) is 116 cm³/mol. The Balaban J connectivity index is 1.53. The molecule has 9 nitrogen and oxygen atoms in total. The van der Waals surface area contributed by atoms with E-state index in [2.05, 4.69) is 55.6 Å². The van der Waals surface area contributed by atoms with Crippen LogP contribution in [0.4, 0.5) is 21.7 Å². The average molecular weight is 419 g/mol. The molecule has 1 aliphatic rings. The van der Waals surface area contributed by atoms with E-state index in [0.717, 1.165) is 24.6 Å². The van der Waals surface area contributed by atoms with Crippen molar-refractivity contribution in [2.24, 2.45) is 0 Å². The maximum absolute atomic E-state index is 14.4. The minimum atomic E-state index is -0.440. The summed E-state index contributed by atoms with van der Waals surface area (Å²) in [6.45, 7) is 7.66. The van der Waals surface area contributed by atoms with Crippen LogP contribution in [0, 0.1) is 24.1 Å². The molecule has 158 valence electrons. The van der Waals surface area contributed by atoms with E-state index in [1.807, 2.05) is 6.92 Å². The Morgan fingerprint density at radius 3 is 2.71 bits per heavy atom. The summed E-state index contributed by atoms with van der Waals surface area (Å²) in [5.74, 6) is 0.775. The van der Waals surface area contributed by atoms with Crippen LogP contribution < -0.4 is 15.5 Å². The highest BCUT2D eigenvalue weighted by Crippen LogP contribution is 2.30. The summed E-state index contributed by atoms with van der Waals surface area (Å²) in [6.07, 6.45) is 3.49. The number of H-pyrrole nitrogens is 1. The van der Waals surface area contributed by atoms with Crippen molar-refractivity contribution in [1.29, 1.82) is 5.26 Å². The Morgan fingerprint density at radius 2 is 1.97 bits per heavy atom. The van der Waals surface area contributed by atoms with Gasteiger partial charge in [0.05, 0.1) is 22.3 Å². The molecule has 0 aromatic carbocycles. The number of imidazole rings is 1. The standard InChI is InChI=1S/C21H22FN9/c1-11-7-30(8-12(2)24-11)17-4-14(6-23)18-19(28-29-20(18)27-17)26-15-5-16(22)21-25-13(3)9-31(21)10-15/h4-5,9-12,24H,7-8H2,1-3H3,(H2,26,27,28,29)/t11-,12+. The van der Waals surface area contributed by atoms with E-state index in [1.165, 1.54) is 6.07 Å². The maximum Gasteiger partial charge on any atom is 0.186 e. The van der Waals surface area contributed by atoms with Crippen LogP contribution in [-0.4, -0.2) is 49.7 Å². The number of nitrogens with zero attached hydrogens (tertiary/aromatic N) is 6. The highest BCUT2D eigenvalue weighted by atomic mass is 19.1. The molecule has 0 saturated carbocycles. The molecule has 0 amide bonds. The van der Waals surface area contributed by atoms with Gasteiger partial charge in [-0.1, -0.05) is 0 Å². The first-order chi connectivity index (χ1) is 14.9. The topological polar surface area (TPSA) is 110 Å². The van der Waals surface area contributed by atoms with Crippen LogP contribution in [0.2, 0.25) is 0 Å². The lowest BCUT2D eigenvalue weighted by Gasteiger charge is -2.36. The number of rotatable bonds is 3. The van der Waals surface area contributed by atoms with Crippen molar-refractivity contribution >= 4 is 34.0 Å². The Labute approximate surface area is 177 Å². The third kappa shape index (κ3) is 3.43. The molecule has 0 unspecified atom stereocenters. The molecule has 5 rings (SSSR count). The maximum atomic E-state index is 14.4. The second-order valence-electron chi connectivity index (χ2n) is 8.13. The van der Waals surface area contributed by atoms with Crippen LogP contribution in [0.3, 0.4) is 0 Å². The number of nitrogens with one attached hydrogen (secondary N) is 3. The summed E-state index contributed by atoms with van der Waals surface area (Å²) in [5.41, 5.74) is 2.39. The third-order valence-corrected chi connectivity index (χ3v) is 5.41. The first-order valence-corrected chi connectivity index (χ1v) is 10.1. The highest BCUT2D eigenvalue weighted by molar-refractivity contribution is 5.95. The molecule has 1 saturated heterocycles. The first kappa shape index (κ1) is 19.3. The highest BCUT2D eigenvalue weighted by Gasteiger charge is 2.24. The van der Waals surface area contributed by atoms with Crippen LogP contribution in [0.1, 0.15) is 25.1 Å². The molecule has 5 heterocycles. The van der Waals surface area contributed by atoms with Gasteiger partial charge in [-0.3, -0.25) is 5.10 Å². The second-order valence-corrected chi connectivity index (χ2v) is 8.13. The van der Waals surface area contributed by atoms with Crippen molar-refractivity contribution < 1.29 is 4.39 Å². The number of aryl methyl sites for hydroxylation is 1. The van der Waals surface area contributed by atoms with Gasteiger partial charge in [0.15, 0.2) is 17.1 Å². The number of anilines is 3. The Hall–Kier alpha value is -3.71. The van der Waals surface area contributed by atoms with E-state index < -0.39 is 5.82 Å². The SMILES string of the molecule is Cc1cn2cc(Nc3[nH]nc4nc(N5C[C@@H](C)N[C@@H](C)C5)cc(C#N)c34)cc(F)c2n1. The molecule has 1 aliphatic heterocycles.